The minimum absolute atomic E-state index is 0.224. The van der Waals surface area contributed by atoms with Gasteiger partial charge in [-0.15, -0.1) is 0 Å². The molecular weight excluding hydrogens is 344 g/mol. The van der Waals surface area contributed by atoms with Crippen molar-refractivity contribution in [1.29, 1.82) is 0 Å². The Hall–Kier alpha value is -2.86. The van der Waals surface area contributed by atoms with Crippen molar-refractivity contribution in [3.8, 4) is 5.75 Å². The van der Waals surface area contributed by atoms with Gasteiger partial charge in [-0.3, -0.25) is 14.5 Å². The topological polar surface area (TPSA) is 78.9 Å². The van der Waals surface area contributed by atoms with Crippen LogP contribution in [0.25, 0.3) is 10.8 Å². The Balaban J connectivity index is 1.97. The molecule has 6 nitrogen and oxygen atoms in total. The molecule has 0 aromatic heterocycles. The van der Waals surface area contributed by atoms with E-state index in [9.17, 15) is 14.7 Å². The maximum absolute atomic E-state index is 12.2. The van der Waals surface area contributed by atoms with Crippen molar-refractivity contribution in [3.63, 3.8) is 0 Å². The van der Waals surface area contributed by atoms with Gasteiger partial charge in [0.25, 0.3) is 0 Å². The van der Waals surface area contributed by atoms with Crippen LogP contribution in [0.15, 0.2) is 48.6 Å². The second-order valence-electron chi connectivity index (χ2n) is 6.88. The van der Waals surface area contributed by atoms with Gasteiger partial charge in [-0.1, -0.05) is 36.9 Å². The zero-order valence-corrected chi connectivity index (χ0v) is 15.4. The summed E-state index contributed by atoms with van der Waals surface area (Å²) >= 11 is 0. The molecule has 1 aliphatic rings. The summed E-state index contributed by atoms with van der Waals surface area (Å²) in [7, 11) is 0. The lowest BCUT2D eigenvalue weighted by molar-refractivity contribution is -0.143. The molecule has 1 amide bonds. The number of rotatable bonds is 7. The van der Waals surface area contributed by atoms with Crippen LogP contribution in [0.3, 0.4) is 0 Å². The third kappa shape index (κ3) is 4.46. The second-order valence-corrected chi connectivity index (χ2v) is 6.88. The van der Waals surface area contributed by atoms with Gasteiger partial charge in [-0.2, -0.15) is 0 Å². The Morgan fingerprint density at radius 1 is 1.33 bits per heavy atom. The quantitative estimate of drug-likeness (QED) is 0.735. The molecule has 1 fully saturated rings. The number of ether oxygens (including phenoxy) is 1. The van der Waals surface area contributed by atoms with Gasteiger partial charge in [-0.05, 0) is 29.3 Å². The van der Waals surface area contributed by atoms with Crippen molar-refractivity contribution in [3.05, 3.63) is 54.1 Å². The van der Waals surface area contributed by atoms with E-state index in [1.54, 1.807) is 0 Å². The molecule has 0 saturated carbocycles. The highest BCUT2D eigenvalue weighted by Gasteiger charge is 2.32. The predicted molar refractivity (Wildman–Crippen MR) is 104 cm³/mol. The number of benzene rings is 2. The number of fused-ring (bicyclic) bond motifs is 1. The molecule has 3 rings (SSSR count). The summed E-state index contributed by atoms with van der Waals surface area (Å²) in [5, 5.41) is 14.1. The van der Waals surface area contributed by atoms with Crippen LogP contribution in [0.1, 0.15) is 18.9 Å². The predicted octanol–water partition coefficient (Wildman–Crippen LogP) is 2.57. The molecule has 0 aliphatic carbocycles. The summed E-state index contributed by atoms with van der Waals surface area (Å²) in [5.74, 6) is -0.497. The van der Waals surface area contributed by atoms with E-state index >= 15 is 0 Å². The summed E-state index contributed by atoms with van der Waals surface area (Å²) in [4.78, 5) is 25.4. The number of piperazine rings is 1. The summed E-state index contributed by atoms with van der Waals surface area (Å²) in [5.41, 5.74) is 1.87. The van der Waals surface area contributed by atoms with E-state index in [1.165, 1.54) is 0 Å². The molecule has 27 heavy (non-hydrogen) atoms. The number of aliphatic carboxylic acids is 1. The van der Waals surface area contributed by atoms with Gasteiger partial charge in [-0.25, -0.2) is 0 Å². The van der Waals surface area contributed by atoms with Crippen LogP contribution in [0, 0.1) is 0 Å². The number of carboxylic acids is 1. The largest absolute Gasteiger partial charge is 0.489 e. The smallest absolute Gasteiger partial charge is 0.305 e. The fourth-order valence-corrected chi connectivity index (χ4v) is 3.36. The van der Waals surface area contributed by atoms with E-state index < -0.39 is 12.0 Å². The number of carboxylic acid groups (broad SMARTS) is 1. The van der Waals surface area contributed by atoms with Gasteiger partial charge < -0.3 is 15.2 Å². The fourth-order valence-electron chi connectivity index (χ4n) is 3.36. The normalized spacial score (nSPS) is 17.5. The third-order valence-corrected chi connectivity index (χ3v) is 4.64. The molecule has 1 saturated heterocycles. The van der Waals surface area contributed by atoms with Crippen LogP contribution in [-0.2, 0) is 16.1 Å². The maximum Gasteiger partial charge on any atom is 0.305 e. The van der Waals surface area contributed by atoms with Gasteiger partial charge in [0.2, 0.25) is 5.91 Å². The Kier molecular flexibility index (Phi) is 5.76. The molecular formula is C21H24N2O4. The van der Waals surface area contributed by atoms with Crippen molar-refractivity contribution in [1.82, 2.24) is 10.2 Å². The van der Waals surface area contributed by atoms with Crippen molar-refractivity contribution >= 4 is 22.6 Å². The number of carbonyl (C=O) groups excluding carboxylic acids is 1. The lowest BCUT2D eigenvalue weighted by Gasteiger charge is -2.34. The second kappa shape index (κ2) is 8.22. The van der Waals surface area contributed by atoms with Crippen LogP contribution < -0.4 is 10.1 Å². The average molecular weight is 368 g/mol. The average Bonchev–Trinajstić information content (AvgIpc) is 2.63. The first kappa shape index (κ1) is 18.9. The molecule has 0 bridgehead atoms. The Labute approximate surface area is 158 Å². The van der Waals surface area contributed by atoms with Gasteiger partial charge in [0, 0.05) is 25.2 Å². The molecule has 1 atom stereocenters. The lowest BCUT2D eigenvalue weighted by Crippen LogP contribution is -2.55. The van der Waals surface area contributed by atoms with Gasteiger partial charge in [0.1, 0.15) is 18.4 Å². The van der Waals surface area contributed by atoms with E-state index in [4.69, 9.17) is 4.74 Å². The number of nitrogens with one attached hydrogen (secondary N) is 1. The Morgan fingerprint density at radius 2 is 2.11 bits per heavy atom. The standard InChI is InChI=1S/C21H24N2O4/c1-14(2)13-27-19-8-7-15-5-3-4-6-16(15)17(19)12-23-10-9-22-21(26)18(23)11-20(24)25/h3-8,18H,1,9-13H2,2H3,(H,22,26)(H,24,25). The first-order chi connectivity index (χ1) is 13.0. The van der Waals surface area contributed by atoms with Crippen LogP contribution in [0.2, 0.25) is 0 Å². The Morgan fingerprint density at radius 3 is 2.85 bits per heavy atom. The SMILES string of the molecule is C=C(C)COc1ccc2ccccc2c1CN1CCNC(=O)C1CC(=O)O. The van der Waals surface area contributed by atoms with Crippen LogP contribution in [-0.4, -0.2) is 47.6 Å². The molecule has 2 N–H and O–H groups in total. The van der Waals surface area contributed by atoms with E-state index in [1.807, 2.05) is 48.2 Å². The van der Waals surface area contributed by atoms with Crippen molar-refractivity contribution in [2.24, 2.45) is 0 Å². The van der Waals surface area contributed by atoms with E-state index in [-0.39, 0.29) is 12.3 Å². The number of nitrogens with zero attached hydrogens (tertiary/aromatic N) is 1. The van der Waals surface area contributed by atoms with Crippen LogP contribution in [0.5, 0.6) is 5.75 Å². The molecule has 0 radical (unpaired) electrons. The van der Waals surface area contributed by atoms with E-state index in [0.29, 0.717) is 26.2 Å². The van der Waals surface area contributed by atoms with Crippen molar-refractivity contribution in [2.75, 3.05) is 19.7 Å². The highest BCUT2D eigenvalue weighted by Crippen LogP contribution is 2.30. The number of amides is 1. The van der Waals surface area contributed by atoms with Gasteiger partial charge >= 0.3 is 5.97 Å². The maximum atomic E-state index is 12.2. The van der Waals surface area contributed by atoms with Crippen LogP contribution in [0.4, 0.5) is 0 Å². The number of hydrogen-bond acceptors (Lipinski definition) is 4. The van der Waals surface area contributed by atoms with E-state index in [2.05, 4.69) is 11.9 Å². The van der Waals surface area contributed by atoms with Crippen molar-refractivity contribution < 1.29 is 19.4 Å². The minimum atomic E-state index is -0.987. The van der Waals surface area contributed by atoms with Crippen molar-refractivity contribution in [2.45, 2.75) is 25.9 Å². The molecule has 1 aliphatic heterocycles. The highest BCUT2D eigenvalue weighted by molar-refractivity contribution is 5.89. The Bertz CT molecular complexity index is 878. The molecule has 0 spiro atoms. The first-order valence-corrected chi connectivity index (χ1v) is 8.97. The summed E-state index contributed by atoms with van der Waals surface area (Å²) in [6, 6.07) is 11.2. The van der Waals surface area contributed by atoms with Gasteiger partial charge in [0.05, 0.1) is 6.42 Å². The lowest BCUT2D eigenvalue weighted by atomic mass is 10.0. The third-order valence-electron chi connectivity index (χ3n) is 4.64. The molecule has 142 valence electrons. The molecule has 1 unspecified atom stereocenters. The molecule has 1 heterocycles. The van der Waals surface area contributed by atoms with E-state index in [0.717, 1.165) is 27.7 Å². The minimum Gasteiger partial charge on any atom is -0.489 e. The summed E-state index contributed by atoms with van der Waals surface area (Å²) in [6.07, 6.45) is -0.224. The van der Waals surface area contributed by atoms with Gasteiger partial charge in [0.15, 0.2) is 0 Å². The zero-order valence-electron chi connectivity index (χ0n) is 15.4. The highest BCUT2D eigenvalue weighted by atomic mass is 16.5. The number of carbonyl (C=O) groups is 2. The molecule has 2 aromatic carbocycles. The number of hydrogen-bond donors (Lipinski definition) is 2. The monoisotopic (exact) mass is 368 g/mol. The zero-order chi connectivity index (χ0) is 19.4. The molecule has 2 aromatic rings. The molecule has 6 heteroatoms. The van der Waals surface area contributed by atoms with Crippen LogP contribution >= 0.6 is 0 Å². The first-order valence-electron chi connectivity index (χ1n) is 8.97. The summed E-state index contributed by atoms with van der Waals surface area (Å²) < 4.78 is 5.95. The fraction of sp³-hybridized carbons (Fsp3) is 0.333. The summed E-state index contributed by atoms with van der Waals surface area (Å²) in [6.45, 7) is 7.72.